The maximum Gasteiger partial charge on any atom is 0.194 e. The van der Waals surface area contributed by atoms with Gasteiger partial charge in [0, 0.05) is 46.9 Å². The Morgan fingerprint density at radius 2 is 1.86 bits per heavy atom. The predicted octanol–water partition coefficient (Wildman–Crippen LogP) is 2.32. The number of phenolic OH excluding ortho intramolecular Hbond substituents is 1. The molecule has 0 aliphatic carbocycles. The van der Waals surface area contributed by atoms with Crippen molar-refractivity contribution in [2.45, 2.75) is 6.54 Å². The van der Waals surface area contributed by atoms with Gasteiger partial charge in [-0.05, 0) is 29.8 Å². The number of methoxy groups -OCH3 is 1. The van der Waals surface area contributed by atoms with Gasteiger partial charge in [0.25, 0.3) is 0 Å². The molecule has 1 fully saturated rings. The molecule has 7 heteroatoms. The van der Waals surface area contributed by atoms with E-state index in [2.05, 4.69) is 26.2 Å². The van der Waals surface area contributed by atoms with Gasteiger partial charge in [0.2, 0.25) is 0 Å². The van der Waals surface area contributed by atoms with E-state index >= 15 is 0 Å². The van der Waals surface area contributed by atoms with E-state index in [1.807, 2.05) is 43.4 Å². The van der Waals surface area contributed by atoms with Gasteiger partial charge in [0.15, 0.2) is 5.96 Å². The van der Waals surface area contributed by atoms with Crippen molar-refractivity contribution in [1.29, 1.82) is 0 Å². The summed E-state index contributed by atoms with van der Waals surface area (Å²) in [5.41, 5.74) is 2.02. The molecule has 29 heavy (non-hydrogen) atoms. The fourth-order valence-corrected chi connectivity index (χ4v) is 3.39. The van der Waals surface area contributed by atoms with E-state index in [-0.39, 0.29) is 0 Å². The molecular formula is C22H30N4O3. The Hall–Kier alpha value is -2.93. The van der Waals surface area contributed by atoms with Gasteiger partial charge in [-0.15, -0.1) is 0 Å². The minimum atomic E-state index is 0.330. The minimum absolute atomic E-state index is 0.330. The van der Waals surface area contributed by atoms with Crippen LogP contribution in [0.15, 0.2) is 53.5 Å². The molecule has 3 rings (SSSR count). The van der Waals surface area contributed by atoms with Crippen LogP contribution in [0.5, 0.6) is 11.5 Å². The Morgan fingerprint density at radius 1 is 1.07 bits per heavy atom. The largest absolute Gasteiger partial charge is 0.506 e. The summed E-state index contributed by atoms with van der Waals surface area (Å²) >= 11 is 0. The Morgan fingerprint density at radius 3 is 2.59 bits per heavy atom. The van der Waals surface area contributed by atoms with Gasteiger partial charge < -0.3 is 29.7 Å². The topological polar surface area (TPSA) is 69.6 Å². The smallest absolute Gasteiger partial charge is 0.194 e. The number of aliphatic imine (C=N–C) groups is 1. The summed E-state index contributed by atoms with van der Waals surface area (Å²) < 4.78 is 10.7. The van der Waals surface area contributed by atoms with Gasteiger partial charge in [-0.25, -0.2) is 0 Å². The molecule has 0 radical (unpaired) electrons. The fraction of sp³-hybridized carbons (Fsp3) is 0.409. The van der Waals surface area contributed by atoms with Gasteiger partial charge in [-0.1, -0.05) is 24.3 Å². The van der Waals surface area contributed by atoms with Crippen LogP contribution in [0.25, 0.3) is 0 Å². The summed E-state index contributed by atoms with van der Waals surface area (Å²) in [6.45, 7) is 5.14. The van der Waals surface area contributed by atoms with Crippen LogP contribution >= 0.6 is 0 Å². The van der Waals surface area contributed by atoms with Crippen LogP contribution in [-0.2, 0) is 11.3 Å². The number of nitrogens with zero attached hydrogens (tertiary/aromatic N) is 3. The zero-order valence-electron chi connectivity index (χ0n) is 17.2. The van der Waals surface area contributed by atoms with Crippen molar-refractivity contribution in [3.8, 4) is 11.5 Å². The van der Waals surface area contributed by atoms with Crippen LogP contribution in [0.3, 0.4) is 0 Å². The number of hydrogen-bond acceptors (Lipinski definition) is 5. The van der Waals surface area contributed by atoms with Crippen LogP contribution in [0.2, 0.25) is 0 Å². The molecule has 156 valence electrons. The molecule has 0 atom stereocenters. The first-order valence-corrected chi connectivity index (χ1v) is 9.90. The van der Waals surface area contributed by atoms with Gasteiger partial charge in [0.1, 0.15) is 18.1 Å². The molecule has 0 amide bonds. The molecule has 0 aromatic heterocycles. The third-order valence-electron chi connectivity index (χ3n) is 4.92. The van der Waals surface area contributed by atoms with Gasteiger partial charge in [-0.2, -0.15) is 0 Å². The number of ether oxygens (including phenoxy) is 2. The normalized spacial score (nSPS) is 14.8. The monoisotopic (exact) mass is 398 g/mol. The van der Waals surface area contributed by atoms with Crippen LogP contribution in [0, 0.1) is 0 Å². The minimum Gasteiger partial charge on any atom is -0.506 e. The summed E-state index contributed by atoms with van der Waals surface area (Å²) in [6, 6.07) is 15.5. The molecule has 2 aromatic rings. The molecule has 2 aromatic carbocycles. The van der Waals surface area contributed by atoms with E-state index < -0.39 is 0 Å². The standard InChI is InChI=1S/C22H30N4O3/c1-23-22(24-17-18-6-5-7-19(16-18)29-15-14-28-2)26-12-10-25(11-13-26)20-8-3-4-9-21(20)27/h3-9,16,27H,10-15,17H2,1-2H3,(H,23,24). The average Bonchev–Trinajstić information content (AvgIpc) is 2.76. The van der Waals surface area contributed by atoms with E-state index in [4.69, 9.17) is 9.47 Å². The molecule has 1 aliphatic heterocycles. The van der Waals surface area contributed by atoms with Crippen molar-refractivity contribution in [2.24, 2.45) is 4.99 Å². The Kier molecular flexibility index (Phi) is 7.58. The predicted molar refractivity (Wildman–Crippen MR) is 116 cm³/mol. The number of hydrogen-bond donors (Lipinski definition) is 2. The average molecular weight is 399 g/mol. The van der Waals surface area contributed by atoms with Crippen molar-refractivity contribution in [1.82, 2.24) is 10.2 Å². The highest BCUT2D eigenvalue weighted by Crippen LogP contribution is 2.27. The first-order chi connectivity index (χ1) is 14.2. The Labute approximate surface area is 172 Å². The number of aromatic hydroxyl groups is 1. The van der Waals surface area contributed by atoms with Crippen LogP contribution in [0.4, 0.5) is 5.69 Å². The van der Waals surface area contributed by atoms with E-state index in [0.29, 0.717) is 25.5 Å². The molecule has 0 unspecified atom stereocenters. The maximum atomic E-state index is 10.1. The van der Waals surface area contributed by atoms with E-state index in [1.54, 1.807) is 13.2 Å². The van der Waals surface area contributed by atoms with Crippen LogP contribution < -0.4 is 15.0 Å². The molecule has 2 N–H and O–H groups in total. The van der Waals surface area contributed by atoms with Crippen molar-refractivity contribution < 1.29 is 14.6 Å². The zero-order chi connectivity index (χ0) is 20.5. The van der Waals surface area contributed by atoms with E-state index in [1.165, 1.54) is 0 Å². The molecule has 1 saturated heterocycles. The lowest BCUT2D eigenvalue weighted by atomic mass is 10.2. The third-order valence-corrected chi connectivity index (χ3v) is 4.92. The number of benzene rings is 2. The summed E-state index contributed by atoms with van der Waals surface area (Å²) in [5.74, 6) is 2.05. The second-order valence-corrected chi connectivity index (χ2v) is 6.85. The van der Waals surface area contributed by atoms with Crippen molar-refractivity contribution in [3.63, 3.8) is 0 Å². The molecule has 1 aliphatic rings. The van der Waals surface area contributed by atoms with Gasteiger partial charge in [-0.3, -0.25) is 4.99 Å². The third kappa shape index (κ3) is 5.77. The first kappa shape index (κ1) is 20.8. The van der Waals surface area contributed by atoms with Gasteiger partial charge >= 0.3 is 0 Å². The zero-order valence-corrected chi connectivity index (χ0v) is 17.2. The van der Waals surface area contributed by atoms with E-state index in [9.17, 15) is 5.11 Å². The lowest BCUT2D eigenvalue weighted by molar-refractivity contribution is 0.146. The second-order valence-electron chi connectivity index (χ2n) is 6.85. The number of piperazine rings is 1. The number of guanidine groups is 1. The summed E-state index contributed by atoms with van der Waals surface area (Å²) in [7, 11) is 3.47. The van der Waals surface area contributed by atoms with Gasteiger partial charge in [0.05, 0.1) is 12.3 Å². The first-order valence-electron chi connectivity index (χ1n) is 9.90. The number of phenols is 1. The highest BCUT2D eigenvalue weighted by Gasteiger charge is 2.21. The number of anilines is 1. The quantitative estimate of drug-likeness (QED) is 0.424. The van der Waals surface area contributed by atoms with Crippen molar-refractivity contribution in [3.05, 3.63) is 54.1 Å². The molecule has 0 saturated carbocycles. The highest BCUT2D eigenvalue weighted by molar-refractivity contribution is 5.80. The van der Waals surface area contributed by atoms with E-state index in [0.717, 1.165) is 49.1 Å². The maximum absolute atomic E-state index is 10.1. The summed E-state index contributed by atoms with van der Waals surface area (Å²) in [5, 5.41) is 13.5. The highest BCUT2D eigenvalue weighted by atomic mass is 16.5. The number of para-hydroxylation sites is 2. The summed E-state index contributed by atoms with van der Waals surface area (Å²) in [4.78, 5) is 8.89. The number of rotatable bonds is 7. The molecule has 0 bridgehead atoms. The Bertz CT molecular complexity index is 804. The van der Waals surface area contributed by atoms with Crippen molar-refractivity contribution >= 4 is 11.6 Å². The molecule has 1 heterocycles. The fourth-order valence-electron chi connectivity index (χ4n) is 3.39. The van der Waals surface area contributed by atoms with Crippen LogP contribution in [-0.4, -0.2) is 69.5 Å². The summed E-state index contributed by atoms with van der Waals surface area (Å²) in [6.07, 6.45) is 0. The van der Waals surface area contributed by atoms with Crippen LogP contribution in [0.1, 0.15) is 5.56 Å². The second kappa shape index (κ2) is 10.6. The number of nitrogens with one attached hydrogen (secondary N) is 1. The lowest BCUT2D eigenvalue weighted by Crippen LogP contribution is -2.52. The Balaban J connectivity index is 1.51. The molecule has 0 spiro atoms. The SMILES string of the molecule is CN=C(NCc1cccc(OCCOC)c1)N1CCN(c2ccccc2O)CC1. The van der Waals surface area contributed by atoms with Crippen molar-refractivity contribution in [2.75, 3.05) is 58.5 Å². The molecule has 7 nitrogen and oxygen atoms in total. The lowest BCUT2D eigenvalue weighted by Gasteiger charge is -2.37. The molecular weight excluding hydrogens is 368 g/mol.